The maximum Gasteiger partial charge on any atom is 0.234 e. The summed E-state index contributed by atoms with van der Waals surface area (Å²) in [5, 5.41) is 24.4. The SMILES string of the molecule is CC(=O)C1C(C)=NC(SCC(=O)Nc2ccc(C(=O)[O-])cc2)=C(C#N)[C@@H]1c1ccc(Cl)cc1. The van der Waals surface area contributed by atoms with Crippen LogP contribution in [0.5, 0.6) is 0 Å². The molecule has 168 valence electrons. The van der Waals surface area contributed by atoms with Crippen LogP contribution in [0.1, 0.15) is 35.7 Å². The quantitative estimate of drug-likeness (QED) is 0.646. The molecule has 0 aromatic heterocycles. The van der Waals surface area contributed by atoms with Gasteiger partial charge in [0.25, 0.3) is 0 Å². The van der Waals surface area contributed by atoms with Crippen LogP contribution in [0, 0.1) is 17.2 Å². The number of benzene rings is 2. The van der Waals surface area contributed by atoms with Crippen LogP contribution in [0.3, 0.4) is 0 Å². The molecule has 1 amide bonds. The summed E-state index contributed by atoms with van der Waals surface area (Å²) >= 11 is 7.10. The molecule has 7 nitrogen and oxygen atoms in total. The van der Waals surface area contributed by atoms with Crippen molar-refractivity contribution in [3.05, 3.63) is 75.3 Å². The molecule has 1 unspecified atom stereocenters. The average Bonchev–Trinajstić information content (AvgIpc) is 2.77. The van der Waals surface area contributed by atoms with E-state index >= 15 is 0 Å². The van der Waals surface area contributed by atoms with Gasteiger partial charge in [-0.05, 0) is 49.2 Å². The standard InChI is InChI=1S/C24H20ClN3O4S/c1-13-21(14(2)29)22(15-3-7-17(25)8-4-15)19(11-26)23(27-13)33-12-20(30)28-18-9-5-16(6-10-18)24(31)32/h3-10,21-22H,12H2,1-2H3,(H,28,30)(H,31,32)/p-1/t21?,22-/m0/s1. The Bertz CT molecular complexity index is 1200. The minimum absolute atomic E-state index is 0.00600. The predicted molar refractivity (Wildman–Crippen MR) is 126 cm³/mol. The smallest absolute Gasteiger partial charge is 0.234 e. The van der Waals surface area contributed by atoms with Crippen LogP contribution in [0.4, 0.5) is 5.69 Å². The first-order valence-corrected chi connectivity index (χ1v) is 11.3. The van der Waals surface area contributed by atoms with Gasteiger partial charge in [0.2, 0.25) is 5.91 Å². The number of nitriles is 1. The molecule has 2 aromatic rings. The molecule has 0 saturated carbocycles. The first-order valence-electron chi connectivity index (χ1n) is 9.90. The highest BCUT2D eigenvalue weighted by Gasteiger charge is 2.37. The first-order chi connectivity index (χ1) is 15.7. The highest BCUT2D eigenvalue weighted by Crippen LogP contribution is 2.42. The Morgan fingerprint density at radius 1 is 1.15 bits per heavy atom. The predicted octanol–water partition coefficient (Wildman–Crippen LogP) is 3.57. The molecular weight excluding hydrogens is 462 g/mol. The fourth-order valence-corrected chi connectivity index (χ4v) is 4.64. The van der Waals surface area contributed by atoms with E-state index in [4.69, 9.17) is 11.6 Å². The maximum atomic E-state index is 12.4. The lowest BCUT2D eigenvalue weighted by Crippen LogP contribution is -2.31. The van der Waals surface area contributed by atoms with Crippen LogP contribution in [-0.4, -0.2) is 29.1 Å². The monoisotopic (exact) mass is 480 g/mol. The van der Waals surface area contributed by atoms with E-state index in [-0.39, 0.29) is 23.0 Å². The molecule has 1 aliphatic heterocycles. The second-order valence-corrected chi connectivity index (χ2v) is 8.80. The third-order valence-electron chi connectivity index (χ3n) is 5.13. The van der Waals surface area contributed by atoms with Crippen molar-refractivity contribution in [2.45, 2.75) is 19.8 Å². The normalized spacial score (nSPS) is 17.7. The number of ketones is 1. The highest BCUT2D eigenvalue weighted by molar-refractivity contribution is 8.03. The van der Waals surface area contributed by atoms with Crippen LogP contribution >= 0.6 is 23.4 Å². The number of halogens is 1. The summed E-state index contributed by atoms with van der Waals surface area (Å²) in [6.07, 6.45) is 0. The number of carboxylic acid groups (broad SMARTS) is 1. The van der Waals surface area contributed by atoms with Gasteiger partial charge in [-0.1, -0.05) is 47.6 Å². The van der Waals surface area contributed by atoms with Gasteiger partial charge >= 0.3 is 0 Å². The molecule has 33 heavy (non-hydrogen) atoms. The second kappa shape index (κ2) is 10.5. The molecule has 1 heterocycles. The number of nitrogens with zero attached hydrogens (tertiary/aromatic N) is 2. The van der Waals surface area contributed by atoms with Gasteiger partial charge < -0.3 is 15.2 Å². The van der Waals surface area contributed by atoms with Gasteiger partial charge in [0.1, 0.15) is 10.8 Å². The summed E-state index contributed by atoms with van der Waals surface area (Å²) in [6.45, 7) is 3.21. The summed E-state index contributed by atoms with van der Waals surface area (Å²) < 4.78 is 0. The fraction of sp³-hybridized carbons (Fsp3) is 0.208. The van der Waals surface area contributed by atoms with Gasteiger partial charge in [0.05, 0.1) is 29.3 Å². The molecule has 3 rings (SSSR count). The fourth-order valence-electron chi connectivity index (χ4n) is 3.64. The zero-order valence-electron chi connectivity index (χ0n) is 17.8. The van der Waals surface area contributed by atoms with Crippen molar-refractivity contribution >= 4 is 52.4 Å². The van der Waals surface area contributed by atoms with E-state index in [0.29, 0.717) is 27.0 Å². The van der Waals surface area contributed by atoms with Gasteiger partial charge in [-0.2, -0.15) is 5.26 Å². The number of allylic oxidation sites excluding steroid dienone is 1. The lowest BCUT2D eigenvalue weighted by Gasteiger charge is -2.30. The minimum Gasteiger partial charge on any atom is -0.545 e. The number of rotatable bonds is 7. The molecule has 9 heteroatoms. The Hall–Kier alpha value is -3.41. The van der Waals surface area contributed by atoms with E-state index < -0.39 is 17.8 Å². The number of carboxylic acids is 1. The molecule has 0 spiro atoms. The summed E-state index contributed by atoms with van der Waals surface area (Å²) in [6, 6.07) is 14.8. The summed E-state index contributed by atoms with van der Waals surface area (Å²) in [5.41, 5.74) is 2.09. The second-order valence-electron chi connectivity index (χ2n) is 7.40. The number of carbonyl (C=O) groups excluding carboxylic acids is 3. The van der Waals surface area contributed by atoms with Crippen molar-refractivity contribution in [3.63, 3.8) is 0 Å². The van der Waals surface area contributed by atoms with Crippen molar-refractivity contribution in [2.75, 3.05) is 11.1 Å². The van der Waals surface area contributed by atoms with Crippen LogP contribution in [0.25, 0.3) is 0 Å². The van der Waals surface area contributed by atoms with E-state index in [0.717, 1.165) is 17.3 Å². The first kappa shape index (κ1) is 24.2. The van der Waals surface area contributed by atoms with Gasteiger partial charge in [-0.15, -0.1) is 0 Å². The van der Waals surface area contributed by atoms with E-state index in [2.05, 4.69) is 16.4 Å². The molecule has 0 fully saturated rings. The number of aromatic carboxylic acids is 1. The van der Waals surface area contributed by atoms with Gasteiger partial charge in [-0.3, -0.25) is 9.59 Å². The Kier molecular flexibility index (Phi) is 7.69. The summed E-state index contributed by atoms with van der Waals surface area (Å²) in [5.74, 6) is -2.89. The number of anilines is 1. The number of aliphatic imine (C=N–C) groups is 1. The third-order valence-corrected chi connectivity index (χ3v) is 6.38. The lowest BCUT2D eigenvalue weighted by atomic mass is 9.75. The number of hydrogen-bond acceptors (Lipinski definition) is 7. The number of thioether (sulfide) groups is 1. The highest BCUT2D eigenvalue weighted by atomic mass is 35.5. The van der Waals surface area contributed by atoms with Crippen LogP contribution in [0.2, 0.25) is 5.02 Å². The molecule has 0 radical (unpaired) electrons. The largest absolute Gasteiger partial charge is 0.545 e. The Balaban J connectivity index is 1.82. The zero-order chi connectivity index (χ0) is 24.1. The molecular formula is C24H19ClN3O4S-. The number of nitrogens with one attached hydrogen (secondary N) is 1. The summed E-state index contributed by atoms with van der Waals surface area (Å²) in [4.78, 5) is 40.2. The topological polar surface area (TPSA) is 122 Å². The third kappa shape index (κ3) is 5.69. The Morgan fingerprint density at radius 3 is 2.33 bits per heavy atom. The minimum atomic E-state index is -1.30. The summed E-state index contributed by atoms with van der Waals surface area (Å²) in [7, 11) is 0. The average molecular weight is 481 g/mol. The van der Waals surface area contributed by atoms with Gasteiger partial charge in [0, 0.05) is 22.3 Å². The maximum absolute atomic E-state index is 12.4. The molecule has 1 aliphatic rings. The molecule has 0 saturated heterocycles. The molecule has 0 bridgehead atoms. The number of carbonyl (C=O) groups is 3. The number of Topliss-reactive ketones (excluding diaryl/α,β-unsaturated/α-hetero) is 1. The molecule has 2 atom stereocenters. The van der Waals surface area contributed by atoms with Gasteiger partial charge in [-0.25, -0.2) is 4.99 Å². The van der Waals surface area contributed by atoms with E-state index in [1.807, 2.05) is 0 Å². The van der Waals surface area contributed by atoms with Crippen molar-refractivity contribution < 1.29 is 19.5 Å². The number of amides is 1. The van der Waals surface area contributed by atoms with E-state index in [1.54, 1.807) is 31.2 Å². The van der Waals surface area contributed by atoms with Crippen molar-refractivity contribution in [2.24, 2.45) is 10.9 Å². The Labute approximate surface area is 200 Å². The van der Waals surface area contributed by atoms with Crippen LogP contribution in [-0.2, 0) is 9.59 Å². The zero-order valence-corrected chi connectivity index (χ0v) is 19.4. The van der Waals surface area contributed by atoms with Crippen molar-refractivity contribution in [3.8, 4) is 6.07 Å². The van der Waals surface area contributed by atoms with Gasteiger partial charge in [0.15, 0.2) is 0 Å². The van der Waals surface area contributed by atoms with Crippen molar-refractivity contribution in [1.29, 1.82) is 5.26 Å². The number of hydrogen-bond donors (Lipinski definition) is 1. The van der Waals surface area contributed by atoms with Crippen molar-refractivity contribution in [1.82, 2.24) is 0 Å². The van der Waals surface area contributed by atoms with Crippen LogP contribution in [0.15, 0.2) is 64.1 Å². The molecule has 0 aliphatic carbocycles. The Morgan fingerprint density at radius 2 is 1.79 bits per heavy atom. The van der Waals surface area contributed by atoms with E-state index in [1.165, 1.54) is 31.2 Å². The van der Waals surface area contributed by atoms with Crippen LogP contribution < -0.4 is 10.4 Å². The van der Waals surface area contributed by atoms with E-state index in [9.17, 15) is 24.8 Å². The molecule has 1 N–H and O–H groups in total. The molecule has 2 aromatic carbocycles. The lowest BCUT2D eigenvalue weighted by molar-refractivity contribution is -0.255.